The summed E-state index contributed by atoms with van der Waals surface area (Å²) in [5.74, 6) is 4.56. The van der Waals surface area contributed by atoms with E-state index in [4.69, 9.17) is 4.74 Å². The molecule has 1 aliphatic heterocycles. The third-order valence-electron chi connectivity index (χ3n) is 7.95. The average molecular weight is 437 g/mol. The van der Waals surface area contributed by atoms with Crippen molar-refractivity contribution in [3.05, 3.63) is 0 Å². The Bertz CT molecular complexity index is 411. The average Bonchev–Trinajstić information content (AvgIpc) is 3.42. The highest BCUT2D eigenvalue weighted by atomic mass is 16.6. The lowest BCUT2D eigenvalue weighted by atomic mass is 9.90. The van der Waals surface area contributed by atoms with Crippen LogP contribution < -0.4 is 0 Å². The van der Waals surface area contributed by atoms with Gasteiger partial charge in [0.25, 0.3) is 0 Å². The van der Waals surface area contributed by atoms with Crippen LogP contribution in [0.5, 0.6) is 0 Å². The van der Waals surface area contributed by atoms with E-state index in [1.807, 2.05) is 0 Å². The van der Waals surface area contributed by atoms with Crippen LogP contribution in [0.1, 0.15) is 151 Å². The van der Waals surface area contributed by atoms with E-state index in [1.54, 1.807) is 0 Å². The molecule has 5 atom stereocenters. The molecule has 0 aromatic rings. The molecule has 1 rings (SSSR count). The summed E-state index contributed by atoms with van der Waals surface area (Å²) in [5, 5.41) is 0. The zero-order chi connectivity index (χ0) is 23.1. The first-order valence-electron chi connectivity index (χ1n) is 14.3. The fraction of sp³-hybridized carbons (Fsp3) is 1.00. The van der Waals surface area contributed by atoms with Gasteiger partial charge in [0.2, 0.25) is 0 Å². The lowest BCUT2D eigenvalue weighted by molar-refractivity contribution is 0.293. The van der Waals surface area contributed by atoms with E-state index in [0.29, 0.717) is 0 Å². The Morgan fingerprint density at radius 3 is 1.19 bits per heavy atom. The Balaban J connectivity index is 1.89. The van der Waals surface area contributed by atoms with Crippen LogP contribution in [0.25, 0.3) is 0 Å². The summed E-state index contributed by atoms with van der Waals surface area (Å²) in [6, 6.07) is 0. The van der Waals surface area contributed by atoms with Gasteiger partial charge in [-0.25, -0.2) is 0 Å². The predicted octanol–water partition coefficient (Wildman–Crippen LogP) is 10.2. The maximum atomic E-state index is 5.50. The number of unbranched alkanes of at least 4 members (excludes halogenated alkanes) is 1. The first-order valence-corrected chi connectivity index (χ1v) is 14.3. The molecule has 1 aliphatic rings. The number of hydrogen-bond acceptors (Lipinski definition) is 1. The maximum Gasteiger partial charge on any atom is 0.0888 e. The molecule has 0 bridgehead atoms. The van der Waals surface area contributed by atoms with Crippen LogP contribution in [-0.2, 0) is 4.74 Å². The molecule has 1 fully saturated rings. The van der Waals surface area contributed by atoms with Gasteiger partial charge in [0.15, 0.2) is 0 Å². The lowest BCUT2D eigenvalue weighted by Gasteiger charge is -2.16. The Labute approximate surface area is 197 Å². The van der Waals surface area contributed by atoms with Crippen LogP contribution in [-0.4, -0.2) is 12.2 Å². The minimum absolute atomic E-state index is 0.261. The van der Waals surface area contributed by atoms with Gasteiger partial charge >= 0.3 is 0 Å². The van der Waals surface area contributed by atoms with Gasteiger partial charge in [-0.05, 0) is 42.9 Å². The molecule has 1 heterocycles. The molecule has 0 aliphatic carbocycles. The molecule has 186 valence electrons. The van der Waals surface area contributed by atoms with Gasteiger partial charge in [-0.2, -0.15) is 0 Å². The highest BCUT2D eigenvalue weighted by Gasteiger charge is 2.38. The highest BCUT2D eigenvalue weighted by Crippen LogP contribution is 2.32. The third-order valence-corrected chi connectivity index (χ3v) is 7.95. The third kappa shape index (κ3) is 17.1. The van der Waals surface area contributed by atoms with Gasteiger partial charge < -0.3 is 4.74 Å². The molecule has 0 amide bonds. The number of epoxide rings is 1. The Hall–Kier alpha value is -0.0400. The molecule has 0 spiro atoms. The first kappa shape index (κ1) is 29.0. The number of ether oxygens (including phenoxy) is 1. The monoisotopic (exact) mass is 436 g/mol. The molecular formula is C30H60O. The second kappa shape index (κ2) is 16.6. The van der Waals surface area contributed by atoms with Crippen LogP contribution in [0.3, 0.4) is 0 Å². The molecular weight excluding hydrogens is 376 g/mol. The highest BCUT2D eigenvalue weighted by molar-refractivity contribution is 4.86. The lowest BCUT2D eigenvalue weighted by Crippen LogP contribution is -2.05. The molecule has 0 aromatic carbocycles. The summed E-state index contributed by atoms with van der Waals surface area (Å²) in [4.78, 5) is 0. The van der Waals surface area contributed by atoms with Crippen molar-refractivity contribution in [3.8, 4) is 0 Å². The van der Waals surface area contributed by atoms with Gasteiger partial charge in [-0.1, -0.05) is 138 Å². The predicted molar refractivity (Wildman–Crippen MR) is 140 cm³/mol. The quantitative estimate of drug-likeness (QED) is 0.129. The minimum Gasteiger partial charge on any atom is -0.370 e. The SMILES string of the molecule is CC(C)CCCC(C)CCCC(C)CCCCC(C)CCCC(C)CCCC1(C)CO1. The molecule has 1 nitrogen and oxygen atoms in total. The van der Waals surface area contributed by atoms with Crippen LogP contribution in [0, 0.1) is 29.6 Å². The van der Waals surface area contributed by atoms with E-state index in [-0.39, 0.29) is 5.60 Å². The van der Waals surface area contributed by atoms with E-state index >= 15 is 0 Å². The molecule has 0 radical (unpaired) electrons. The molecule has 0 saturated carbocycles. The second-order valence-electron chi connectivity index (χ2n) is 12.5. The molecule has 5 unspecified atom stereocenters. The first-order chi connectivity index (χ1) is 14.7. The van der Waals surface area contributed by atoms with E-state index in [2.05, 4.69) is 48.5 Å². The standard InChI is InChI=1S/C30H60O/c1-25(2)14-10-17-28(5)20-11-18-26(3)15-8-9-16-27(4)19-12-21-29(6)22-13-23-30(7)24-31-30/h25-29H,8-24H2,1-7H3. The van der Waals surface area contributed by atoms with Crippen molar-refractivity contribution >= 4 is 0 Å². The zero-order valence-electron chi connectivity index (χ0n) is 22.8. The largest absolute Gasteiger partial charge is 0.370 e. The topological polar surface area (TPSA) is 12.5 Å². The maximum absolute atomic E-state index is 5.50. The molecule has 0 N–H and O–H groups in total. The summed E-state index contributed by atoms with van der Waals surface area (Å²) < 4.78 is 5.50. The van der Waals surface area contributed by atoms with E-state index in [0.717, 1.165) is 36.2 Å². The summed E-state index contributed by atoms with van der Waals surface area (Å²) in [5.41, 5.74) is 0.261. The van der Waals surface area contributed by atoms with Crippen LogP contribution in [0.4, 0.5) is 0 Å². The fourth-order valence-corrected chi connectivity index (χ4v) is 5.16. The van der Waals surface area contributed by atoms with Crippen molar-refractivity contribution in [3.63, 3.8) is 0 Å². The molecule has 0 aromatic heterocycles. The molecule has 31 heavy (non-hydrogen) atoms. The van der Waals surface area contributed by atoms with Gasteiger partial charge in [-0.3, -0.25) is 0 Å². The Morgan fingerprint density at radius 1 is 0.516 bits per heavy atom. The van der Waals surface area contributed by atoms with E-state index in [1.165, 1.54) is 103 Å². The minimum atomic E-state index is 0.261. The van der Waals surface area contributed by atoms with Crippen molar-refractivity contribution < 1.29 is 4.74 Å². The van der Waals surface area contributed by atoms with Crippen molar-refractivity contribution in [2.24, 2.45) is 29.6 Å². The van der Waals surface area contributed by atoms with E-state index in [9.17, 15) is 0 Å². The molecule has 1 saturated heterocycles. The summed E-state index contributed by atoms with van der Waals surface area (Å²) in [7, 11) is 0. The number of hydrogen-bond donors (Lipinski definition) is 0. The fourth-order valence-electron chi connectivity index (χ4n) is 5.16. The summed E-state index contributed by atoms with van der Waals surface area (Å²) in [6.07, 6.45) is 22.7. The van der Waals surface area contributed by atoms with Gasteiger partial charge in [0.05, 0.1) is 12.2 Å². The van der Waals surface area contributed by atoms with Crippen molar-refractivity contribution in [2.75, 3.05) is 6.61 Å². The summed E-state index contributed by atoms with van der Waals surface area (Å²) >= 11 is 0. The smallest absolute Gasteiger partial charge is 0.0888 e. The normalized spacial score (nSPS) is 22.5. The number of rotatable bonds is 21. The van der Waals surface area contributed by atoms with Crippen molar-refractivity contribution in [2.45, 2.75) is 157 Å². The van der Waals surface area contributed by atoms with Crippen LogP contribution in [0.2, 0.25) is 0 Å². The van der Waals surface area contributed by atoms with Crippen molar-refractivity contribution in [1.29, 1.82) is 0 Å². The second-order valence-corrected chi connectivity index (χ2v) is 12.5. The Kier molecular flexibility index (Phi) is 15.5. The molecule has 1 heteroatoms. The van der Waals surface area contributed by atoms with Gasteiger partial charge in [-0.15, -0.1) is 0 Å². The van der Waals surface area contributed by atoms with E-state index < -0.39 is 0 Å². The van der Waals surface area contributed by atoms with Crippen LogP contribution >= 0.6 is 0 Å². The van der Waals surface area contributed by atoms with Gasteiger partial charge in [0.1, 0.15) is 0 Å². The summed E-state index contributed by atoms with van der Waals surface area (Å²) in [6.45, 7) is 17.9. The Morgan fingerprint density at radius 2 is 0.839 bits per heavy atom. The van der Waals surface area contributed by atoms with Crippen molar-refractivity contribution in [1.82, 2.24) is 0 Å². The van der Waals surface area contributed by atoms with Gasteiger partial charge in [0, 0.05) is 0 Å². The van der Waals surface area contributed by atoms with Crippen LogP contribution in [0.15, 0.2) is 0 Å². The zero-order valence-corrected chi connectivity index (χ0v) is 22.8.